The van der Waals surface area contributed by atoms with Gasteiger partial charge in [0, 0.05) is 18.9 Å². The molecule has 7 heteroatoms. The van der Waals surface area contributed by atoms with Crippen molar-refractivity contribution in [2.24, 2.45) is 0 Å². The molecule has 0 aliphatic carbocycles. The minimum Gasteiger partial charge on any atom is -0.345 e. The highest BCUT2D eigenvalue weighted by Gasteiger charge is 2.32. The van der Waals surface area contributed by atoms with E-state index in [0.717, 1.165) is 5.69 Å². The number of nitrogens with zero attached hydrogens (tertiary/aromatic N) is 2. The lowest BCUT2D eigenvalue weighted by Gasteiger charge is -2.29. The molecule has 0 radical (unpaired) electrons. The molecule has 0 bridgehead atoms. The number of imidazole rings is 1. The van der Waals surface area contributed by atoms with Gasteiger partial charge in [-0.2, -0.15) is 0 Å². The Bertz CT molecular complexity index is 661. The zero-order chi connectivity index (χ0) is 16.3. The van der Waals surface area contributed by atoms with Crippen LogP contribution in [0.1, 0.15) is 35.0 Å². The number of aromatic amines is 1. The Balaban J connectivity index is 2.01. The first kappa shape index (κ1) is 16.2. The van der Waals surface area contributed by atoms with Gasteiger partial charge in [0.25, 0.3) is 5.91 Å². The van der Waals surface area contributed by atoms with Gasteiger partial charge in [0.05, 0.1) is 11.4 Å². The molecule has 0 fully saturated rings. The third kappa shape index (κ3) is 3.73. The molecule has 2 amide bonds. The summed E-state index contributed by atoms with van der Waals surface area (Å²) in [5.74, 6) is 0.302. The van der Waals surface area contributed by atoms with Crippen LogP contribution >= 0.6 is 11.3 Å². The molecule has 2 N–H and O–H groups in total. The molecule has 0 atom stereocenters. The minimum atomic E-state index is -0.989. The van der Waals surface area contributed by atoms with Gasteiger partial charge >= 0.3 is 0 Å². The van der Waals surface area contributed by atoms with E-state index in [0.29, 0.717) is 17.2 Å². The molecule has 2 rings (SSSR count). The number of rotatable bonds is 5. The van der Waals surface area contributed by atoms with Crippen LogP contribution in [0.3, 0.4) is 0 Å². The van der Waals surface area contributed by atoms with Crippen LogP contribution in [0.15, 0.2) is 23.7 Å². The zero-order valence-electron chi connectivity index (χ0n) is 13.1. The summed E-state index contributed by atoms with van der Waals surface area (Å²) < 4.78 is 0. The van der Waals surface area contributed by atoms with E-state index in [4.69, 9.17) is 0 Å². The summed E-state index contributed by atoms with van der Waals surface area (Å²) in [5.41, 5.74) is -0.0432. The number of nitrogens with one attached hydrogen (secondary N) is 2. The first-order valence-corrected chi connectivity index (χ1v) is 7.79. The van der Waals surface area contributed by atoms with Gasteiger partial charge in [-0.1, -0.05) is 6.07 Å². The number of thiophene rings is 1. The number of likely N-dealkylation sites (N-methyl/N-ethyl adjacent to an activating group) is 1. The van der Waals surface area contributed by atoms with E-state index < -0.39 is 5.54 Å². The molecule has 0 saturated carbocycles. The molecule has 0 aliphatic rings. The van der Waals surface area contributed by atoms with Gasteiger partial charge in [0.2, 0.25) is 5.91 Å². The second-order valence-corrected chi connectivity index (χ2v) is 6.68. The summed E-state index contributed by atoms with van der Waals surface area (Å²) in [4.78, 5) is 34.1. The van der Waals surface area contributed by atoms with Crippen LogP contribution in [0.2, 0.25) is 0 Å². The number of hydrogen-bond acceptors (Lipinski definition) is 4. The topological polar surface area (TPSA) is 78.1 Å². The van der Waals surface area contributed by atoms with E-state index in [2.05, 4.69) is 15.3 Å². The lowest BCUT2D eigenvalue weighted by Crippen LogP contribution is -2.54. The average molecular weight is 320 g/mol. The Morgan fingerprint density at radius 2 is 2.18 bits per heavy atom. The van der Waals surface area contributed by atoms with Gasteiger partial charge in [-0.05, 0) is 32.2 Å². The van der Waals surface area contributed by atoms with Gasteiger partial charge in [-0.25, -0.2) is 4.98 Å². The van der Waals surface area contributed by atoms with E-state index in [1.54, 1.807) is 44.1 Å². The standard InChI is InChI=1S/C15H20N4O2S/c1-10-8-16-12(17-10)9-19(4)14(21)15(2,3)18-13(20)11-6-5-7-22-11/h5-8H,9H2,1-4H3,(H,16,17)(H,18,20). The second-order valence-electron chi connectivity index (χ2n) is 5.73. The summed E-state index contributed by atoms with van der Waals surface area (Å²) in [6, 6.07) is 3.54. The van der Waals surface area contributed by atoms with Crippen molar-refractivity contribution in [3.63, 3.8) is 0 Å². The maximum atomic E-state index is 12.6. The molecular formula is C15H20N4O2S. The van der Waals surface area contributed by atoms with Crippen LogP contribution in [0, 0.1) is 6.92 Å². The van der Waals surface area contributed by atoms with Crippen LogP contribution in [0.25, 0.3) is 0 Å². The van der Waals surface area contributed by atoms with Crippen molar-refractivity contribution in [1.82, 2.24) is 20.2 Å². The highest BCUT2D eigenvalue weighted by Crippen LogP contribution is 2.13. The van der Waals surface area contributed by atoms with Crippen molar-refractivity contribution >= 4 is 23.2 Å². The van der Waals surface area contributed by atoms with Gasteiger partial charge in [0.1, 0.15) is 11.4 Å². The quantitative estimate of drug-likeness (QED) is 0.884. The summed E-state index contributed by atoms with van der Waals surface area (Å²) >= 11 is 1.35. The smallest absolute Gasteiger partial charge is 0.262 e. The normalized spacial score (nSPS) is 11.3. The summed E-state index contributed by atoms with van der Waals surface area (Å²) in [6.45, 7) is 5.67. The molecule has 118 valence electrons. The van der Waals surface area contributed by atoms with Crippen molar-refractivity contribution in [2.45, 2.75) is 32.9 Å². The molecule has 6 nitrogen and oxygen atoms in total. The van der Waals surface area contributed by atoms with Gasteiger partial charge in [-0.3, -0.25) is 9.59 Å². The zero-order valence-corrected chi connectivity index (χ0v) is 14.0. The Hall–Kier alpha value is -2.15. The van der Waals surface area contributed by atoms with Crippen LogP contribution in [0.5, 0.6) is 0 Å². The lowest BCUT2D eigenvalue weighted by molar-refractivity contribution is -0.136. The van der Waals surface area contributed by atoms with Crippen LogP contribution in [-0.2, 0) is 11.3 Å². The van der Waals surface area contributed by atoms with E-state index >= 15 is 0 Å². The average Bonchev–Trinajstić information content (AvgIpc) is 3.09. The predicted molar refractivity (Wildman–Crippen MR) is 85.7 cm³/mol. The molecule has 2 heterocycles. The first-order chi connectivity index (χ1) is 10.3. The van der Waals surface area contributed by atoms with Crippen molar-refractivity contribution in [3.05, 3.63) is 40.1 Å². The van der Waals surface area contributed by atoms with Crippen LogP contribution in [-0.4, -0.2) is 39.3 Å². The Morgan fingerprint density at radius 1 is 1.45 bits per heavy atom. The number of aryl methyl sites for hydroxylation is 1. The Morgan fingerprint density at radius 3 is 2.73 bits per heavy atom. The lowest BCUT2D eigenvalue weighted by atomic mass is 10.0. The molecule has 0 unspecified atom stereocenters. The molecule has 0 saturated heterocycles. The van der Waals surface area contributed by atoms with E-state index in [9.17, 15) is 9.59 Å². The third-order valence-electron chi connectivity index (χ3n) is 3.19. The van der Waals surface area contributed by atoms with E-state index in [1.165, 1.54) is 11.3 Å². The SMILES string of the molecule is Cc1cnc(CN(C)C(=O)C(C)(C)NC(=O)c2cccs2)[nH]1. The van der Waals surface area contributed by atoms with Crippen molar-refractivity contribution in [2.75, 3.05) is 7.05 Å². The Labute approximate surface area is 133 Å². The van der Waals surface area contributed by atoms with E-state index in [-0.39, 0.29) is 11.8 Å². The minimum absolute atomic E-state index is 0.175. The maximum absolute atomic E-state index is 12.6. The summed E-state index contributed by atoms with van der Waals surface area (Å²) in [5, 5.41) is 4.61. The third-order valence-corrected chi connectivity index (χ3v) is 4.06. The highest BCUT2D eigenvalue weighted by molar-refractivity contribution is 7.12. The maximum Gasteiger partial charge on any atom is 0.262 e. The second kappa shape index (κ2) is 6.31. The number of carbonyl (C=O) groups is 2. The largest absolute Gasteiger partial charge is 0.345 e. The van der Waals surface area contributed by atoms with Gasteiger partial charge in [0.15, 0.2) is 0 Å². The first-order valence-electron chi connectivity index (χ1n) is 6.91. The fourth-order valence-electron chi connectivity index (χ4n) is 2.13. The Kier molecular flexibility index (Phi) is 4.65. The molecule has 2 aromatic heterocycles. The monoisotopic (exact) mass is 320 g/mol. The summed E-state index contributed by atoms with van der Waals surface area (Å²) in [7, 11) is 1.69. The van der Waals surface area contributed by atoms with Crippen LogP contribution in [0.4, 0.5) is 0 Å². The van der Waals surface area contributed by atoms with E-state index in [1.807, 2.05) is 12.3 Å². The van der Waals surface area contributed by atoms with Crippen molar-refractivity contribution in [1.29, 1.82) is 0 Å². The van der Waals surface area contributed by atoms with Gasteiger partial charge in [-0.15, -0.1) is 11.3 Å². The number of carbonyl (C=O) groups excluding carboxylic acids is 2. The fourth-order valence-corrected chi connectivity index (χ4v) is 2.75. The number of H-pyrrole nitrogens is 1. The van der Waals surface area contributed by atoms with Crippen LogP contribution < -0.4 is 5.32 Å². The number of amides is 2. The predicted octanol–water partition coefficient (Wildman–Crippen LogP) is 1.95. The fraction of sp³-hybridized carbons (Fsp3) is 0.400. The molecule has 0 spiro atoms. The molecule has 22 heavy (non-hydrogen) atoms. The molecule has 0 aliphatic heterocycles. The number of aromatic nitrogens is 2. The molecule has 2 aromatic rings. The number of hydrogen-bond donors (Lipinski definition) is 2. The molecule has 0 aromatic carbocycles. The van der Waals surface area contributed by atoms with Gasteiger partial charge < -0.3 is 15.2 Å². The summed E-state index contributed by atoms with van der Waals surface area (Å²) in [6.07, 6.45) is 1.72. The van der Waals surface area contributed by atoms with Crippen molar-refractivity contribution < 1.29 is 9.59 Å². The van der Waals surface area contributed by atoms with Crippen molar-refractivity contribution in [3.8, 4) is 0 Å². The molecular weight excluding hydrogens is 300 g/mol. The highest BCUT2D eigenvalue weighted by atomic mass is 32.1.